The van der Waals surface area contributed by atoms with Gasteiger partial charge >= 0.3 is 20.2 Å². The summed E-state index contributed by atoms with van der Waals surface area (Å²) in [7, 11) is -3.23. The van der Waals surface area contributed by atoms with Gasteiger partial charge in [0.2, 0.25) is 0 Å². The largest absolute Gasteiger partial charge is 0.488 e. The van der Waals surface area contributed by atoms with Crippen LogP contribution in [0.5, 0.6) is 0 Å². The van der Waals surface area contributed by atoms with Gasteiger partial charge in [-0.15, -0.1) is 0 Å². The number of rotatable bonds is 22. The summed E-state index contributed by atoms with van der Waals surface area (Å²) in [4.78, 5) is 16.2. The van der Waals surface area contributed by atoms with Crippen molar-refractivity contribution in [2.75, 3.05) is 52.7 Å². The van der Waals surface area contributed by atoms with E-state index < -0.39 is 20.2 Å². The fourth-order valence-corrected chi connectivity index (χ4v) is 6.84. The molecule has 5 N–H and O–H groups in total. The Kier molecular flexibility index (Phi) is 16.0. The predicted molar refractivity (Wildman–Crippen MR) is 217 cm³/mol. The quantitative estimate of drug-likeness (QED) is 0.0234. The van der Waals surface area contributed by atoms with E-state index in [4.69, 9.17) is 14.2 Å². The van der Waals surface area contributed by atoms with Crippen LogP contribution in [-0.2, 0) is 45.2 Å². The summed E-state index contributed by atoms with van der Waals surface area (Å²) >= 11 is 0. The third kappa shape index (κ3) is 11.6. The number of nitrogens with zero attached hydrogens (tertiary/aromatic N) is 2. The Morgan fingerprint density at radius 3 is 1.38 bits per heavy atom. The molecule has 55 heavy (non-hydrogen) atoms. The Hall–Kier alpha value is -4.40. The van der Waals surface area contributed by atoms with Gasteiger partial charge in [0.1, 0.15) is 6.61 Å². The van der Waals surface area contributed by atoms with Gasteiger partial charge in [-0.1, -0.05) is 104 Å². The van der Waals surface area contributed by atoms with E-state index in [0.29, 0.717) is 69.0 Å². The molecule has 13 heteroatoms. The molecule has 0 bridgehead atoms. The Bertz CT molecular complexity index is 1970. The molecule has 0 aromatic heterocycles. The molecule has 0 aliphatic carbocycles. The van der Waals surface area contributed by atoms with Gasteiger partial charge in [-0.05, 0) is 61.6 Å². The van der Waals surface area contributed by atoms with Crippen LogP contribution in [0.15, 0.2) is 109 Å². The number of esters is 1. The average Bonchev–Trinajstić information content (AvgIpc) is 3.18. The monoisotopic (exact) mass is 748 g/mol. The molecular weight excluding hydrogens is 698 g/mol. The van der Waals surface area contributed by atoms with E-state index in [1.54, 1.807) is 31.2 Å². The normalized spacial score (nSPS) is 11.5. The molecule has 0 fully saturated rings. The van der Waals surface area contributed by atoms with E-state index >= 15 is 0 Å². The van der Waals surface area contributed by atoms with Crippen molar-refractivity contribution in [3.63, 3.8) is 0 Å². The first-order chi connectivity index (χ1) is 26.7. The van der Waals surface area contributed by atoms with Crippen LogP contribution in [-0.4, -0.2) is 108 Å². The lowest BCUT2D eigenvalue weighted by molar-refractivity contribution is -0.140. The van der Waals surface area contributed by atoms with Crippen molar-refractivity contribution in [1.82, 2.24) is 9.80 Å². The maximum absolute atomic E-state index is 11.8. The van der Waals surface area contributed by atoms with Crippen molar-refractivity contribution in [3.05, 3.63) is 131 Å². The first-order valence-electron chi connectivity index (χ1n) is 18.5. The van der Waals surface area contributed by atoms with E-state index in [0.717, 1.165) is 43.8 Å². The third-order valence-electron chi connectivity index (χ3n) is 9.52. The van der Waals surface area contributed by atoms with Gasteiger partial charge in [0, 0.05) is 44.8 Å². The SMILES string of the molecule is C=C(C)C(=O)OCCOCCN(Cc1ccccc1B(O)O)Cc1c2ccccc2c(CN(CCOCCO)Cc2ccccc2B(O)O)c2ccccc12. The molecule has 11 nitrogen and oxygen atoms in total. The second-order valence-corrected chi connectivity index (χ2v) is 13.5. The lowest BCUT2D eigenvalue weighted by atomic mass is 9.77. The van der Waals surface area contributed by atoms with Crippen LogP contribution in [0.25, 0.3) is 21.5 Å². The molecular formula is C42H50B2N2O9. The topological polar surface area (TPSA) is 152 Å². The van der Waals surface area contributed by atoms with Gasteiger partial charge in [-0.3, -0.25) is 9.80 Å². The highest BCUT2D eigenvalue weighted by atomic mass is 16.6. The number of aliphatic hydroxyl groups is 1. The Labute approximate surface area is 323 Å². The first-order valence-corrected chi connectivity index (χ1v) is 18.5. The van der Waals surface area contributed by atoms with Crippen LogP contribution in [0.3, 0.4) is 0 Å². The first kappa shape index (κ1) is 41.8. The van der Waals surface area contributed by atoms with Crippen LogP contribution in [0, 0.1) is 0 Å². The number of benzene rings is 5. The Morgan fingerprint density at radius 2 is 0.982 bits per heavy atom. The fraction of sp³-hybridized carbons (Fsp3) is 0.310. The third-order valence-corrected chi connectivity index (χ3v) is 9.52. The summed E-state index contributed by atoms with van der Waals surface area (Å²) in [5, 5.41) is 54.3. The van der Waals surface area contributed by atoms with E-state index in [1.807, 2.05) is 48.5 Å². The van der Waals surface area contributed by atoms with Crippen molar-refractivity contribution in [2.45, 2.75) is 33.1 Å². The van der Waals surface area contributed by atoms with Gasteiger partial charge in [-0.2, -0.15) is 0 Å². The molecule has 0 unspecified atom stereocenters. The minimum Gasteiger partial charge on any atom is -0.460 e. The number of hydrogen-bond donors (Lipinski definition) is 5. The summed E-state index contributed by atoms with van der Waals surface area (Å²) in [5.41, 5.74) is 5.01. The molecule has 0 aliphatic rings. The zero-order valence-corrected chi connectivity index (χ0v) is 31.3. The number of carbonyl (C=O) groups excluding carboxylic acids is 1. The van der Waals surface area contributed by atoms with Crippen molar-refractivity contribution in [1.29, 1.82) is 0 Å². The van der Waals surface area contributed by atoms with Crippen molar-refractivity contribution >= 4 is 52.7 Å². The minimum atomic E-state index is -1.62. The number of hydrogen-bond acceptors (Lipinski definition) is 11. The molecule has 5 rings (SSSR count). The van der Waals surface area contributed by atoms with Crippen LogP contribution in [0.2, 0.25) is 0 Å². The van der Waals surface area contributed by atoms with E-state index in [-0.39, 0.29) is 26.4 Å². The molecule has 0 spiro atoms. The highest BCUT2D eigenvalue weighted by Gasteiger charge is 2.22. The molecule has 0 atom stereocenters. The van der Waals surface area contributed by atoms with E-state index in [9.17, 15) is 30.0 Å². The Morgan fingerprint density at radius 1 is 0.582 bits per heavy atom. The predicted octanol–water partition coefficient (Wildman–Crippen LogP) is 2.50. The highest BCUT2D eigenvalue weighted by Crippen LogP contribution is 2.35. The van der Waals surface area contributed by atoms with Gasteiger partial charge in [0.15, 0.2) is 0 Å². The van der Waals surface area contributed by atoms with Crippen molar-refractivity contribution < 1.29 is 44.2 Å². The minimum absolute atomic E-state index is 0.0730. The van der Waals surface area contributed by atoms with Crippen LogP contribution in [0.1, 0.15) is 29.2 Å². The molecule has 288 valence electrons. The number of carbonyl (C=O) groups is 1. The molecule has 0 aliphatic heterocycles. The maximum Gasteiger partial charge on any atom is 0.488 e. The standard InChI is InChI=1S/C42H50B2N2O9/c1-31(2)42(48)55-26-25-54-23-20-46(28-33-12-4-10-18-41(33)44(51)52)30-39-36-15-7-5-13-34(36)38(35-14-6-8-16-37(35)39)29-45(19-22-53-24-21-47)27-32-11-3-9-17-40(32)43(49)50/h3-18,47,49-52H,1,19-30H2,2H3. The number of ether oxygens (including phenoxy) is 3. The zero-order valence-electron chi connectivity index (χ0n) is 31.3. The second kappa shape index (κ2) is 21.1. The van der Waals surface area contributed by atoms with Gasteiger partial charge < -0.3 is 39.4 Å². The van der Waals surface area contributed by atoms with Crippen LogP contribution in [0.4, 0.5) is 0 Å². The zero-order chi connectivity index (χ0) is 39.2. The average molecular weight is 748 g/mol. The summed E-state index contributed by atoms with van der Waals surface area (Å²) in [5.74, 6) is -0.460. The second-order valence-electron chi connectivity index (χ2n) is 13.5. The van der Waals surface area contributed by atoms with E-state index in [2.05, 4.69) is 40.6 Å². The molecule has 0 heterocycles. The maximum atomic E-state index is 11.8. The smallest absolute Gasteiger partial charge is 0.460 e. The van der Waals surface area contributed by atoms with Gasteiger partial charge in [-0.25, -0.2) is 4.79 Å². The molecule has 0 radical (unpaired) electrons. The van der Waals surface area contributed by atoms with Crippen molar-refractivity contribution in [2.24, 2.45) is 0 Å². The summed E-state index contributed by atoms with van der Waals surface area (Å²) < 4.78 is 16.8. The molecule has 5 aromatic carbocycles. The van der Waals surface area contributed by atoms with E-state index in [1.165, 1.54) is 0 Å². The van der Waals surface area contributed by atoms with Gasteiger partial charge in [0.05, 0.1) is 33.0 Å². The highest BCUT2D eigenvalue weighted by molar-refractivity contribution is 6.59. The fourth-order valence-electron chi connectivity index (χ4n) is 6.84. The lowest BCUT2D eigenvalue weighted by Crippen LogP contribution is -2.36. The van der Waals surface area contributed by atoms with Crippen LogP contribution < -0.4 is 10.9 Å². The number of fused-ring (bicyclic) bond motifs is 2. The number of aliphatic hydroxyl groups excluding tert-OH is 1. The molecule has 5 aromatic rings. The van der Waals surface area contributed by atoms with Crippen LogP contribution >= 0.6 is 0 Å². The summed E-state index contributed by atoms with van der Waals surface area (Å²) in [6.45, 7) is 9.39. The lowest BCUT2D eigenvalue weighted by Gasteiger charge is -2.28. The van der Waals surface area contributed by atoms with Crippen molar-refractivity contribution in [3.8, 4) is 0 Å². The molecule has 0 saturated carbocycles. The molecule has 0 amide bonds. The van der Waals surface area contributed by atoms with Gasteiger partial charge in [0.25, 0.3) is 0 Å². The summed E-state index contributed by atoms with van der Waals surface area (Å²) in [6.07, 6.45) is 0. The summed E-state index contributed by atoms with van der Waals surface area (Å²) in [6, 6.07) is 31.2. The molecule has 0 saturated heterocycles. The Balaban J connectivity index is 1.50.